The summed E-state index contributed by atoms with van der Waals surface area (Å²) >= 11 is 24.5. The van der Waals surface area contributed by atoms with E-state index >= 15 is 0 Å². The summed E-state index contributed by atoms with van der Waals surface area (Å²) in [5.41, 5.74) is 1.87. The highest BCUT2D eigenvalue weighted by atomic mass is 35.5. The van der Waals surface area contributed by atoms with Gasteiger partial charge in [-0.2, -0.15) is 0 Å². The molecule has 0 atom stereocenters. The highest BCUT2D eigenvalue weighted by Gasteiger charge is 2.19. The molecule has 0 aliphatic carbocycles. The van der Waals surface area contributed by atoms with E-state index in [9.17, 15) is 0 Å². The van der Waals surface area contributed by atoms with Gasteiger partial charge in [0.25, 0.3) is 0 Å². The van der Waals surface area contributed by atoms with Crippen LogP contribution in [0.3, 0.4) is 0 Å². The Balaban J connectivity index is 2.50. The average Bonchev–Trinajstić information content (AvgIpc) is 2.37. The van der Waals surface area contributed by atoms with E-state index in [1.165, 1.54) is 0 Å². The Bertz CT molecular complexity index is 561. The van der Waals surface area contributed by atoms with Gasteiger partial charge >= 0.3 is 0 Å². The average molecular weight is 349 g/mol. The number of hydrogen-bond donors (Lipinski definition) is 1. The van der Waals surface area contributed by atoms with Crippen LogP contribution in [-0.2, 0) is 0 Å². The van der Waals surface area contributed by atoms with Crippen LogP contribution >= 0.6 is 46.4 Å². The van der Waals surface area contributed by atoms with Crippen molar-refractivity contribution in [1.29, 1.82) is 0 Å². The molecular formula is C15H13Cl4N. The molecule has 1 N–H and O–H groups in total. The molecule has 1 nitrogen and oxygen atoms in total. The van der Waals surface area contributed by atoms with Crippen LogP contribution in [0.1, 0.15) is 24.1 Å². The molecule has 0 fully saturated rings. The van der Waals surface area contributed by atoms with E-state index in [0.717, 1.165) is 17.7 Å². The minimum absolute atomic E-state index is 0.102. The summed E-state index contributed by atoms with van der Waals surface area (Å²) in [6.45, 7) is 2.81. The first kappa shape index (κ1) is 15.9. The summed E-state index contributed by atoms with van der Waals surface area (Å²) in [6, 6.07) is 10.8. The standard InChI is InChI=1S/C15H13Cl4N/c1-2-20-15(11-5-3-9(16)7-13(11)18)12-6-4-10(17)8-14(12)19/h3-8,15,20H,2H2,1H3. The normalized spacial score (nSPS) is 11.1. The molecule has 106 valence electrons. The fourth-order valence-electron chi connectivity index (χ4n) is 2.06. The van der Waals surface area contributed by atoms with Crippen LogP contribution in [0.5, 0.6) is 0 Å². The van der Waals surface area contributed by atoms with Crippen LogP contribution in [0.15, 0.2) is 36.4 Å². The second-order valence-electron chi connectivity index (χ2n) is 4.32. The van der Waals surface area contributed by atoms with Gasteiger partial charge in [-0.1, -0.05) is 65.5 Å². The second kappa shape index (κ2) is 7.02. The molecule has 0 aromatic heterocycles. The van der Waals surface area contributed by atoms with Gasteiger partial charge in [-0.05, 0) is 41.9 Å². The summed E-state index contributed by atoms with van der Waals surface area (Å²) in [5.74, 6) is 0. The van der Waals surface area contributed by atoms with E-state index in [0.29, 0.717) is 20.1 Å². The van der Waals surface area contributed by atoms with Gasteiger partial charge in [0, 0.05) is 20.1 Å². The van der Waals surface area contributed by atoms with Crippen molar-refractivity contribution in [2.45, 2.75) is 13.0 Å². The molecule has 0 heterocycles. The third-order valence-electron chi connectivity index (χ3n) is 2.96. The lowest BCUT2D eigenvalue weighted by molar-refractivity contribution is 0.631. The monoisotopic (exact) mass is 347 g/mol. The fraction of sp³-hybridized carbons (Fsp3) is 0.200. The molecule has 5 heteroatoms. The van der Waals surface area contributed by atoms with Gasteiger partial charge in [-0.25, -0.2) is 0 Å². The summed E-state index contributed by atoms with van der Waals surface area (Å²) in [4.78, 5) is 0. The van der Waals surface area contributed by atoms with Gasteiger partial charge in [0.15, 0.2) is 0 Å². The summed E-state index contributed by atoms with van der Waals surface area (Å²) in [7, 11) is 0. The van der Waals surface area contributed by atoms with Gasteiger partial charge < -0.3 is 5.32 Å². The van der Waals surface area contributed by atoms with E-state index in [2.05, 4.69) is 5.32 Å². The molecule has 0 aliphatic rings. The molecule has 0 bridgehead atoms. The number of rotatable bonds is 4. The molecule has 0 unspecified atom stereocenters. The van der Waals surface area contributed by atoms with Gasteiger partial charge in [-0.3, -0.25) is 0 Å². The Labute approximate surface area is 138 Å². The lowest BCUT2D eigenvalue weighted by atomic mass is 9.98. The van der Waals surface area contributed by atoms with Crippen molar-refractivity contribution in [3.63, 3.8) is 0 Å². The van der Waals surface area contributed by atoms with Crippen molar-refractivity contribution in [2.24, 2.45) is 0 Å². The first-order valence-electron chi connectivity index (χ1n) is 6.16. The maximum absolute atomic E-state index is 6.30. The predicted octanol–water partition coefficient (Wildman–Crippen LogP) is 6.00. The molecule has 2 rings (SSSR count). The third kappa shape index (κ3) is 3.60. The van der Waals surface area contributed by atoms with Crippen LogP contribution in [0, 0.1) is 0 Å². The zero-order valence-corrected chi connectivity index (χ0v) is 13.8. The quantitative estimate of drug-likeness (QED) is 0.714. The van der Waals surface area contributed by atoms with Gasteiger partial charge in [0.2, 0.25) is 0 Å². The third-order valence-corrected chi connectivity index (χ3v) is 4.08. The van der Waals surface area contributed by atoms with E-state index in [1.54, 1.807) is 12.1 Å². The topological polar surface area (TPSA) is 12.0 Å². The van der Waals surface area contributed by atoms with E-state index < -0.39 is 0 Å². The minimum Gasteiger partial charge on any atom is -0.306 e. The fourth-order valence-corrected chi connectivity index (χ4v) is 3.10. The molecule has 0 spiro atoms. The highest BCUT2D eigenvalue weighted by molar-refractivity contribution is 6.36. The van der Waals surface area contributed by atoms with Crippen LogP contribution in [0.25, 0.3) is 0 Å². The Morgan fingerprint density at radius 2 is 1.30 bits per heavy atom. The van der Waals surface area contributed by atoms with Crippen molar-refractivity contribution in [3.8, 4) is 0 Å². The molecule has 2 aromatic rings. The summed E-state index contributed by atoms with van der Waals surface area (Å²) in [5, 5.41) is 5.81. The Hall–Kier alpha value is -0.440. The van der Waals surface area contributed by atoms with Crippen LogP contribution in [0.2, 0.25) is 20.1 Å². The minimum atomic E-state index is -0.102. The maximum Gasteiger partial charge on any atom is 0.0606 e. The van der Waals surface area contributed by atoms with E-state index in [1.807, 2.05) is 31.2 Å². The van der Waals surface area contributed by atoms with Crippen LogP contribution < -0.4 is 5.32 Å². The second-order valence-corrected chi connectivity index (χ2v) is 6.01. The van der Waals surface area contributed by atoms with Gasteiger partial charge in [-0.15, -0.1) is 0 Å². The molecule has 0 radical (unpaired) electrons. The number of nitrogens with one attached hydrogen (secondary N) is 1. The Morgan fingerprint density at radius 3 is 1.65 bits per heavy atom. The summed E-state index contributed by atoms with van der Waals surface area (Å²) in [6.07, 6.45) is 0. The maximum atomic E-state index is 6.30. The smallest absolute Gasteiger partial charge is 0.0606 e. The van der Waals surface area contributed by atoms with Crippen molar-refractivity contribution in [2.75, 3.05) is 6.54 Å². The van der Waals surface area contributed by atoms with Crippen LogP contribution in [-0.4, -0.2) is 6.54 Å². The molecule has 20 heavy (non-hydrogen) atoms. The summed E-state index contributed by atoms with van der Waals surface area (Å²) < 4.78 is 0. The first-order valence-corrected chi connectivity index (χ1v) is 7.67. The molecule has 0 aliphatic heterocycles. The van der Waals surface area contributed by atoms with E-state index in [-0.39, 0.29) is 6.04 Å². The van der Waals surface area contributed by atoms with Crippen molar-refractivity contribution in [1.82, 2.24) is 5.32 Å². The number of hydrogen-bond acceptors (Lipinski definition) is 1. The molecular weight excluding hydrogens is 336 g/mol. The highest BCUT2D eigenvalue weighted by Crippen LogP contribution is 2.34. The Kier molecular flexibility index (Phi) is 5.59. The zero-order valence-electron chi connectivity index (χ0n) is 10.8. The van der Waals surface area contributed by atoms with Crippen molar-refractivity contribution >= 4 is 46.4 Å². The largest absolute Gasteiger partial charge is 0.306 e. The zero-order chi connectivity index (χ0) is 14.7. The number of benzene rings is 2. The molecule has 0 saturated heterocycles. The number of halogens is 4. The lowest BCUT2D eigenvalue weighted by Gasteiger charge is -2.21. The van der Waals surface area contributed by atoms with Crippen molar-refractivity contribution in [3.05, 3.63) is 67.6 Å². The molecule has 2 aromatic carbocycles. The lowest BCUT2D eigenvalue weighted by Crippen LogP contribution is -2.22. The SMILES string of the molecule is CCNC(c1ccc(Cl)cc1Cl)c1ccc(Cl)cc1Cl. The Morgan fingerprint density at radius 1 is 0.850 bits per heavy atom. The van der Waals surface area contributed by atoms with E-state index in [4.69, 9.17) is 46.4 Å². The first-order chi connectivity index (χ1) is 9.52. The van der Waals surface area contributed by atoms with Crippen molar-refractivity contribution < 1.29 is 0 Å². The predicted molar refractivity (Wildman–Crippen MR) is 88.4 cm³/mol. The van der Waals surface area contributed by atoms with Gasteiger partial charge in [0.1, 0.15) is 0 Å². The molecule has 0 saturated carbocycles. The van der Waals surface area contributed by atoms with Crippen LogP contribution in [0.4, 0.5) is 0 Å². The van der Waals surface area contributed by atoms with Gasteiger partial charge in [0.05, 0.1) is 6.04 Å². The molecule has 0 amide bonds.